The summed E-state index contributed by atoms with van der Waals surface area (Å²) in [5.41, 5.74) is 1.89. The van der Waals surface area contributed by atoms with E-state index in [9.17, 15) is 14.7 Å². The number of aryl methyl sites for hydroxylation is 1. The van der Waals surface area contributed by atoms with E-state index in [1.807, 2.05) is 6.07 Å². The van der Waals surface area contributed by atoms with Gasteiger partial charge in [0.2, 0.25) is 0 Å². The first-order chi connectivity index (χ1) is 13.0. The number of fused-ring (bicyclic) bond motifs is 1. The van der Waals surface area contributed by atoms with Crippen LogP contribution in [0.1, 0.15) is 60.5 Å². The maximum Gasteiger partial charge on any atom is 0.409 e. The monoisotopic (exact) mass is 369 g/mol. The van der Waals surface area contributed by atoms with Crippen LogP contribution in [-0.2, 0) is 12.8 Å². The molecule has 1 aromatic carbocycles. The molecule has 4 rings (SSSR count). The summed E-state index contributed by atoms with van der Waals surface area (Å²) in [4.78, 5) is 23.7. The SMILES string of the molecule is O=C(O)Nc1cccc(C(c2c(O)c3c(oc2=O)CCCCC3)C2CC2)c1. The summed E-state index contributed by atoms with van der Waals surface area (Å²) in [5.74, 6) is 0.666. The second-order valence-corrected chi connectivity index (χ2v) is 7.48. The summed E-state index contributed by atoms with van der Waals surface area (Å²) >= 11 is 0. The van der Waals surface area contributed by atoms with E-state index < -0.39 is 11.7 Å². The van der Waals surface area contributed by atoms with Crippen LogP contribution in [0, 0.1) is 5.92 Å². The molecule has 1 amide bonds. The van der Waals surface area contributed by atoms with E-state index in [0.29, 0.717) is 23.4 Å². The molecule has 6 heteroatoms. The summed E-state index contributed by atoms with van der Waals surface area (Å²) in [6, 6.07) is 7.04. The number of hydrogen-bond acceptors (Lipinski definition) is 4. The van der Waals surface area contributed by atoms with Crippen molar-refractivity contribution >= 4 is 11.8 Å². The lowest BCUT2D eigenvalue weighted by Crippen LogP contribution is -2.18. The van der Waals surface area contributed by atoms with Gasteiger partial charge in [-0.1, -0.05) is 18.6 Å². The zero-order valence-corrected chi connectivity index (χ0v) is 15.0. The summed E-state index contributed by atoms with van der Waals surface area (Å²) in [6.07, 6.45) is 5.20. The highest BCUT2D eigenvalue weighted by molar-refractivity contribution is 5.82. The predicted octanol–water partition coefficient (Wildman–Crippen LogP) is 4.25. The molecule has 2 aromatic rings. The van der Waals surface area contributed by atoms with Crippen molar-refractivity contribution in [3.8, 4) is 5.75 Å². The van der Waals surface area contributed by atoms with Gasteiger partial charge in [0.15, 0.2) is 0 Å². The van der Waals surface area contributed by atoms with Crippen LogP contribution < -0.4 is 10.9 Å². The largest absolute Gasteiger partial charge is 0.507 e. The third-order valence-corrected chi connectivity index (χ3v) is 5.55. The fourth-order valence-corrected chi connectivity index (χ4v) is 4.16. The first-order valence-corrected chi connectivity index (χ1v) is 9.52. The zero-order chi connectivity index (χ0) is 19.0. The van der Waals surface area contributed by atoms with Crippen molar-refractivity contribution in [3.05, 3.63) is 57.1 Å². The van der Waals surface area contributed by atoms with Gasteiger partial charge in [0, 0.05) is 23.6 Å². The number of carboxylic acid groups (broad SMARTS) is 1. The molecular formula is C21H23NO5. The van der Waals surface area contributed by atoms with E-state index in [2.05, 4.69) is 5.32 Å². The topological polar surface area (TPSA) is 99.8 Å². The first-order valence-electron chi connectivity index (χ1n) is 9.52. The average Bonchev–Trinajstić information content (AvgIpc) is 3.45. The number of amides is 1. The highest BCUT2D eigenvalue weighted by Crippen LogP contribution is 2.49. The number of rotatable bonds is 4. The quantitative estimate of drug-likeness (QED) is 0.700. The summed E-state index contributed by atoms with van der Waals surface area (Å²) in [6.45, 7) is 0. The zero-order valence-electron chi connectivity index (χ0n) is 15.0. The number of nitrogens with one attached hydrogen (secondary N) is 1. The first kappa shape index (κ1) is 17.6. The molecule has 1 atom stereocenters. The van der Waals surface area contributed by atoms with Gasteiger partial charge < -0.3 is 14.6 Å². The molecule has 142 valence electrons. The standard InChI is InChI=1S/C21H23NO5/c23-19-15-7-2-1-3-8-16(15)27-20(24)18(19)17(12-9-10-12)13-5-4-6-14(11-13)22-21(25)26/h4-6,11-12,17,22-23H,1-3,7-10H2,(H,25,26). The van der Waals surface area contributed by atoms with E-state index in [-0.39, 0.29) is 17.6 Å². The summed E-state index contributed by atoms with van der Waals surface area (Å²) in [7, 11) is 0. The highest BCUT2D eigenvalue weighted by atomic mass is 16.4. The predicted molar refractivity (Wildman–Crippen MR) is 101 cm³/mol. The number of hydrogen-bond donors (Lipinski definition) is 3. The lowest BCUT2D eigenvalue weighted by Gasteiger charge is -2.20. The van der Waals surface area contributed by atoms with E-state index >= 15 is 0 Å². The molecule has 0 radical (unpaired) electrons. The minimum absolute atomic E-state index is 0.0802. The summed E-state index contributed by atoms with van der Waals surface area (Å²) < 4.78 is 5.64. The van der Waals surface area contributed by atoms with Crippen LogP contribution in [0.25, 0.3) is 0 Å². The Morgan fingerprint density at radius 3 is 2.70 bits per heavy atom. The smallest absolute Gasteiger partial charge is 0.409 e. The van der Waals surface area contributed by atoms with Crippen molar-refractivity contribution in [1.82, 2.24) is 0 Å². The van der Waals surface area contributed by atoms with Crippen LogP contribution in [0.15, 0.2) is 33.5 Å². The molecular weight excluding hydrogens is 346 g/mol. The van der Waals surface area contributed by atoms with Gasteiger partial charge in [0.1, 0.15) is 11.5 Å². The summed E-state index contributed by atoms with van der Waals surface area (Å²) in [5, 5.41) is 22.3. The number of anilines is 1. The van der Waals surface area contributed by atoms with Crippen LogP contribution in [-0.4, -0.2) is 16.3 Å². The Labute approximate surface area is 156 Å². The Morgan fingerprint density at radius 1 is 1.19 bits per heavy atom. The van der Waals surface area contributed by atoms with Crippen LogP contribution in [0.4, 0.5) is 10.5 Å². The molecule has 0 aliphatic heterocycles. The second kappa shape index (κ2) is 7.10. The molecule has 6 nitrogen and oxygen atoms in total. The number of carbonyl (C=O) groups is 1. The Morgan fingerprint density at radius 2 is 1.96 bits per heavy atom. The third-order valence-electron chi connectivity index (χ3n) is 5.55. The van der Waals surface area contributed by atoms with Crippen molar-refractivity contribution in [2.24, 2.45) is 5.92 Å². The van der Waals surface area contributed by atoms with Crippen molar-refractivity contribution in [1.29, 1.82) is 0 Å². The van der Waals surface area contributed by atoms with Gasteiger partial charge in [-0.15, -0.1) is 0 Å². The molecule has 0 spiro atoms. The van der Waals surface area contributed by atoms with Crippen molar-refractivity contribution in [3.63, 3.8) is 0 Å². The average molecular weight is 369 g/mol. The fraction of sp³-hybridized carbons (Fsp3) is 0.429. The molecule has 2 aliphatic carbocycles. The van der Waals surface area contributed by atoms with E-state index in [1.165, 1.54) is 0 Å². The van der Waals surface area contributed by atoms with E-state index in [1.54, 1.807) is 18.2 Å². The molecule has 1 fully saturated rings. The lowest BCUT2D eigenvalue weighted by molar-refractivity contribution is 0.209. The van der Waals surface area contributed by atoms with E-state index in [0.717, 1.165) is 49.7 Å². The van der Waals surface area contributed by atoms with Gasteiger partial charge in [0.25, 0.3) is 0 Å². The number of benzene rings is 1. The van der Waals surface area contributed by atoms with E-state index in [4.69, 9.17) is 9.52 Å². The molecule has 1 unspecified atom stereocenters. The van der Waals surface area contributed by atoms with Gasteiger partial charge >= 0.3 is 11.7 Å². The molecule has 1 heterocycles. The molecule has 27 heavy (non-hydrogen) atoms. The Balaban J connectivity index is 1.81. The molecule has 0 saturated heterocycles. The van der Waals surface area contributed by atoms with Gasteiger partial charge in [-0.25, -0.2) is 9.59 Å². The molecule has 3 N–H and O–H groups in total. The van der Waals surface area contributed by atoms with Gasteiger partial charge in [-0.2, -0.15) is 0 Å². The minimum atomic E-state index is -1.14. The van der Waals surface area contributed by atoms with Crippen molar-refractivity contribution in [2.75, 3.05) is 5.32 Å². The Kier molecular flexibility index (Phi) is 4.64. The van der Waals surface area contributed by atoms with Gasteiger partial charge in [-0.3, -0.25) is 5.32 Å². The maximum atomic E-state index is 12.8. The fourth-order valence-electron chi connectivity index (χ4n) is 4.16. The Bertz CT molecular complexity index is 929. The molecule has 2 aliphatic rings. The molecule has 1 aromatic heterocycles. The number of aromatic hydroxyl groups is 1. The van der Waals surface area contributed by atoms with Crippen molar-refractivity contribution < 1.29 is 19.4 Å². The Hall–Kier alpha value is -2.76. The minimum Gasteiger partial charge on any atom is -0.507 e. The van der Waals surface area contributed by atoms with Crippen LogP contribution in [0.5, 0.6) is 5.75 Å². The maximum absolute atomic E-state index is 12.8. The highest BCUT2D eigenvalue weighted by Gasteiger charge is 2.38. The molecule has 1 saturated carbocycles. The molecule has 0 bridgehead atoms. The van der Waals surface area contributed by atoms with Crippen LogP contribution >= 0.6 is 0 Å². The van der Waals surface area contributed by atoms with Crippen LogP contribution in [0.3, 0.4) is 0 Å². The second-order valence-electron chi connectivity index (χ2n) is 7.48. The lowest BCUT2D eigenvalue weighted by atomic mass is 9.86. The van der Waals surface area contributed by atoms with Gasteiger partial charge in [0.05, 0.1) is 5.56 Å². The third kappa shape index (κ3) is 3.56. The van der Waals surface area contributed by atoms with Crippen molar-refractivity contribution in [2.45, 2.75) is 50.9 Å². The van der Waals surface area contributed by atoms with Gasteiger partial charge in [-0.05, 0) is 55.7 Å². The normalized spacial score (nSPS) is 17.6. The van der Waals surface area contributed by atoms with Crippen LogP contribution in [0.2, 0.25) is 0 Å².